The lowest BCUT2D eigenvalue weighted by Crippen LogP contribution is -2.30. The summed E-state index contributed by atoms with van der Waals surface area (Å²) in [6.45, 7) is 5.44. The van der Waals surface area contributed by atoms with Gasteiger partial charge in [0.15, 0.2) is 6.10 Å². The lowest BCUT2D eigenvalue weighted by Gasteiger charge is -2.16. The van der Waals surface area contributed by atoms with Gasteiger partial charge in [0, 0.05) is 16.5 Å². The van der Waals surface area contributed by atoms with Gasteiger partial charge in [-0.3, -0.25) is 9.59 Å². The first kappa shape index (κ1) is 23.3. The molecule has 0 fully saturated rings. The molecule has 168 valence electrons. The van der Waals surface area contributed by atoms with E-state index in [2.05, 4.69) is 10.3 Å². The van der Waals surface area contributed by atoms with E-state index in [0.717, 1.165) is 26.7 Å². The Bertz CT molecular complexity index is 1110. The van der Waals surface area contributed by atoms with Crippen LogP contribution in [0.5, 0.6) is 11.5 Å². The lowest BCUT2D eigenvalue weighted by molar-refractivity contribution is -0.152. The van der Waals surface area contributed by atoms with Gasteiger partial charge >= 0.3 is 5.97 Å². The first-order chi connectivity index (χ1) is 15.3. The number of hydrogen-bond acceptors (Lipinski definition) is 7. The summed E-state index contributed by atoms with van der Waals surface area (Å²) in [7, 11) is 3.04. The Kier molecular flexibility index (Phi) is 7.48. The topological polar surface area (TPSA) is 86.8 Å². The summed E-state index contributed by atoms with van der Waals surface area (Å²) in [5, 5.41) is 3.58. The molecule has 1 atom stereocenters. The number of thiazole rings is 1. The predicted molar refractivity (Wildman–Crippen MR) is 124 cm³/mol. The van der Waals surface area contributed by atoms with E-state index in [-0.39, 0.29) is 6.42 Å². The Labute approximate surface area is 191 Å². The van der Waals surface area contributed by atoms with Crippen molar-refractivity contribution < 1.29 is 23.8 Å². The first-order valence-corrected chi connectivity index (χ1v) is 10.9. The van der Waals surface area contributed by atoms with Gasteiger partial charge in [0.25, 0.3) is 5.91 Å². The van der Waals surface area contributed by atoms with Crippen molar-refractivity contribution in [3.05, 3.63) is 57.9 Å². The molecule has 0 saturated heterocycles. The summed E-state index contributed by atoms with van der Waals surface area (Å²) in [5.41, 5.74) is 3.29. The second kappa shape index (κ2) is 10.3. The number of carbonyl (C=O) groups is 2. The predicted octanol–water partition coefficient (Wildman–Crippen LogP) is 4.56. The van der Waals surface area contributed by atoms with Crippen molar-refractivity contribution >= 4 is 28.9 Å². The number of nitrogens with one attached hydrogen (secondary N) is 1. The van der Waals surface area contributed by atoms with Gasteiger partial charge in [0.1, 0.15) is 11.5 Å². The molecule has 0 aliphatic rings. The zero-order valence-corrected chi connectivity index (χ0v) is 19.5. The third-order valence-corrected chi connectivity index (χ3v) is 5.75. The van der Waals surface area contributed by atoms with E-state index in [1.807, 2.05) is 38.1 Å². The van der Waals surface area contributed by atoms with E-state index >= 15 is 0 Å². The standard InChI is InChI=1S/C24H26N2O5S/c1-14-6-8-17(9-7-14)23-21(32-16(3)25-23)13-22(27)31-15(2)24(28)26-19-12-18(29-4)10-11-20(19)30-5/h6-12,15H,13H2,1-5H3,(H,26,28). The van der Waals surface area contributed by atoms with Gasteiger partial charge in [-0.05, 0) is 32.9 Å². The Morgan fingerprint density at radius 3 is 2.44 bits per heavy atom. The van der Waals surface area contributed by atoms with E-state index in [9.17, 15) is 9.59 Å². The minimum Gasteiger partial charge on any atom is -0.497 e. The normalized spacial score (nSPS) is 11.5. The largest absolute Gasteiger partial charge is 0.497 e. The summed E-state index contributed by atoms with van der Waals surface area (Å²) in [6, 6.07) is 13.0. The molecule has 0 radical (unpaired) electrons. The van der Waals surface area contributed by atoms with Crippen molar-refractivity contribution in [3.63, 3.8) is 0 Å². The molecule has 0 aliphatic heterocycles. The Hall–Kier alpha value is -3.39. The number of carbonyl (C=O) groups excluding carboxylic acids is 2. The molecule has 1 aromatic heterocycles. The zero-order chi connectivity index (χ0) is 23.3. The number of ether oxygens (including phenoxy) is 3. The minimum atomic E-state index is -0.991. The summed E-state index contributed by atoms with van der Waals surface area (Å²) in [5.74, 6) is 0.0712. The van der Waals surface area contributed by atoms with Crippen molar-refractivity contribution in [1.29, 1.82) is 0 Å². The van der Waals surface area contributed by atoms with Gasteiger partial charge in [0.05, 0.1) is 37.0 Å². The molecule has 0 saturated carbocycles. The second-order valence-corrected chi connectivity index (χ2v) is 8.52. The highest BCUT2D eigenvalue weighted by Gasteiger charge is 2.22. The van der Waals surface area contributed by atoms with Gasteiger partial charge < -0.3 is 19.5 Å². The fraction of sp³-hybridized carbons (Fsp3) is 0.292. The van der Waals surface area contributed by atoms with Gasteiger partial charge in [-0.15, -0.1) is 11.3 Å². The Balaban J connectivity index is 1.67. The molecular formula is C24H26N2O5S. The fourth-order valence-electron chi connectivity index (χ4n) is 3.10. The molecule has 0 spiro atoms. The van der Waals surface area contributed by atoms with Crippen molar-refractivity contribution in [2.45, 2.75) is 33.3 Å². The maximum atomic E-state index is 12.6. The molecule has 7 nitrogen and oxygen atoms in total. The molecular weight excluding hydrogens is 428 g/mol. The molecule has 8 heteroatoms. The van der Waals surface area contributed by atoms with Crippen LogP contribution in [0, 0.1) is 13.8 Å². The van der Waals surface area contributed by atoms with Crippen molar-refractivity contribution in [3.8, 4) is 22.8 Å². The molecule has 2 aromatic carbocycles. The van der Waals surface area contributed by atoms with E-state index in [0.29, 0.717) is 17.2 Å². The Morgan fingerprint density at radius 1 is 1.06 bits per heavy atom. The Morgan fingerprint density at radius 2 is 1.78 bits per heavy atom. The molecule has 32 heavy (non-hydrogen) atoms. The number of nitrogens with zero attached hydrogens (tertiary/aromatic N) is 1. The highest BCUT2D eigenvalue weighted by atomic mass is 32.1. The lowest BCUT2D eigenvalue weighted by atomic mass is 10.1. The van der Waals surface area contributed by atoms with E-state index < -0.39 is 18.0 Å². The summed E-state index contributed by atoms with van der Waals surface area (Å²) < 4.78 is 15.8. The van der Waals surface area contributed by atoms with E-state index in [1.54, 1.807) is 18.2 Å². The number of rotatable bonds is 8. The number of esters is 1. The summed E-state index contributed by atoms with van der Waals surface area (Å²) >= 11 is 1.45. The number of methoxy groups -OCH3 is 2. The molecule has 1 amide bonds. The molecule has 1 N–H and O–H groups in total. The van der Waals surface area contributed by atoms with Crippen LogP contribution in [0.2, 0.25) is 0 Å². The highest BCUT2D eigenvalue weighted by molar-refractivity contribution is 7.12. The number of amides is 1. The zero-order valence-electron chi connectivity index (χ0n) is 18.7. The summed E-state index contributed by atoms with van der Waals surface area (Å²) in [4.78, 5) is 30.6. The van der Waals surface area contributed by atoms with Gasteiger partial charge in [-0.2, -0.15) is 0 Å². The first-order valence-electron chi connectivity index (χ1n) is 10.1. The summed E-state index contributed by atoms with van der Waals surface area (Å²) in [6.07, 6.45) is -0.954. The number of aryl methyl sites for hydroxylation is 2. The van der Waals surface area contributed by atoms with Crippen LogP contribution in [-0.4, -0.2) is 37.2 Å². The minimum absolute atomic E-state index is 0.0365. The average Bonchev–Trinajstić information content (AvgIpc) is 3.13. The van der Waals surface area contributed by atoms with Gasteiger partial charge in [-0.1, -0.05) is 29.8 Å². The molecule has 3 aromatic rings. The SMILES string of the molecule is COc1ccc(OC)c(NC(=O)C(C)OC(=O)Cc2sc(C)nc2-c2ccc(C)cc2)c1. The van der Waals surface area contributed by atoms with Crippen molar-refractivity contribution in [2.24, 2.45) is 0 Å². The van der Waals surface area contributed by atoms with Crippen LogP contribution >= 0.6 is 11.3 Å². The van der Waals surface area contributed by atoms with Crippen LogP contribution in [0.15, 0.2) is 42.5 Å². The third-order valence-electron chi connectivity index (χ3n) is 4.78. The average molecular weight is 455 g/mol. The molecule has 0 aliphatic carbocycles. The maximum absolute atomic E-state index is 12.6. The van der Waals surface area contributed by atoms with Crippen LogP contribution in [0.1, 0.15) is 22.4 Å². The smallest absolute Gasteiger partial charge is 0.311 e. The van der Waals surface area contributed by atoms with Crippen LogP contribution in [0.3, 0.4) is 0 Å². The number of benzene rings is 2. The van der Waals surface area contributed by atoms with Crippen LogP contribution < -0.4 is 14.8 Å². The number of hydrogen-bond donors (Lipinski definition) is 1. The maximum Gasteiger partial charge on any atom is 0.311 e. The highest BCUT2D eigenvalue weighted by Crippen LogP contribution is 2.30. The van der Waals surface area contributed by atoms with Gasteiger partial charge in [0.2, 0.25) is 0 Å². The van der Waals surface area contributed by atoms with Gasteiger partial charge in [-0.25, -0.2) is 4.98 Å². The molecule has 1 unspecified atom stereocenters. The number of anilines is 1. The monoisotopic (exact) mass is 454 g/mol. The molecule has 3 rings (SSSR count). The quantitative estimate of drug-likeness (QED) is 0.502. The van der Waals surface area contributed by atoms with Crippen molar-refractivity contribution in [1.82, 2.24) is 4.98 Å². The fourth-order valence-corrected chi connectivity index (χ4v) is 4.04. The van der Waals surface area contributed by atoms with Crippen molar-refractivity contribution in [2.75, 3.05) is 19.5 Å². The van der Waals surface area contributed by atoms with Crippen LogP contribution in [-0.2, 0) is 20.7 Å². The van der Waals surface area contributed by atoms with E-state index in [1.165, 1.54) is 32.5 Å². The number of aromatic nitrogens is 1. The molecule has 1 heterocycles. The third kappa shape index (κ3) is 5.64. The van der Waals surface area contributed by atoms with E-state index in [4.69, 9.17) is 14.2 Å². The van der Waals surface area contributed by atoms with Crippen LogP contribution in [0.25, 0.3) is 11.3 Å². The second-order valence-electron chi connectivity index (χ2n) is 7.24. The van der Waals surface area contributed by atoms with Crippen LogP contribution in [0.4, 0.5) is 5.69 Å². The molecule has 0 bridgehead atoms.